The fourth-order valence-electron chi connectivity index (χ4n) is 7.98. The first-order chi connectivity index (χ1) is 35.7. The Bertz CT molecular complexity index is 2620. The van der Waals surface area contributed by atoms with Gasteiger partial charge in [-0.3, -0.25) is 18.9 Å². The molecule has 0 fully saturated rings. The SMILES string of the molecule is CCC(Oc1ccc(CCN(CP(C)(=O)O)CP(=O)(O)CC)cc1)[P+](=S)N(C)N=Cc1ccc(OC(C)(CC)CN(C)C(C)c2ccc(OC(C)(CC)[P+](=S)N(C)N=Cc3ccc(OC(C)(CC)CC)cc3)cc2)cc1. The first kappa shape index (κ1) is 64.9. The van der Waals surface area contributed by atoms with E-state index >= 15 is 0 Å². The van der Waals surface area contributed by atoms with Crippen LogP contribution >= 0.6 is 28.4 Å². The minimum atomic E-state index is -3.41. The van der Waals surface area contributed by atoms with Gasteiger partial charge in [0.25, 0.3) is 11.2 Å². The van der Waals surface area contributed by atoms with Gasteiger partial charge in [-0.1, -0.05) is 65.8 Å². The smallest absolute Gasteiger partial charge is 0.358 e. The highest BCUT2D eigenvalue weighted by Crippen LogP contribution is 2.46. The summed E-state index contributed by atoms with van der Waals surface area (Å²) >= 11 is 12.1. The molecule has 4 aromatic carbocycles. The average Bonchev–Trinajstić information content (AvgIpc) is 3.40. The third-order valence-corrected chi connectivity index (χ3v) is 23.4. The standard InChI is InChI=1S/C56H84N6O8P4S2/c1-15-53(67-49-29-21-45(22-30-49)37-38-62(42-73(14,63)64)43-74(65,66)20-6)71(75)60(12)57-39-46-25-33-51(34-26-46)69-55(9,18-4)41-59(11)44(7)48-27-35-52(36-28-48)70-56(10,19-5)72(76)61(13)58-40-47-23-31-50(32-24-47)68-54(8,16-2)17-3/h21-36,39-40,44,53H,15-20,37-38,41-43H2,1-14H3/p+2. The van der Waals surface area contributed by atoms with E-state index < -0.39 is 39.4 Å². The number of benzene rings is 4. The van der Waals surface area contributed by atoms with E-state index in [1.165, 1.54) is 12.2 Å². The predicted molar refractivity (Wildman–Crippen MR) is 325 cm³/mol. The summed E-state index contributed by atoms with van der Waals surface area (Å²) in [5.74, 6) is 2.82. The second kappa shape index (κ2) is 29.5. The zero-order valence-electron chi connectivity index (χ0n) is 47.5. The summed E-state index contributed by atoms with van der Waals surface area (Å²) in [5.41, 5.74) is 3.39. The van der Waals surface area contributed by atoms with Crippen LogP contribution in [0.5, 0.6) is 23.0 Å². The topological polar surface area (TPSA) is 149 Å². The first-order valence-electron chi connectivity index (χ1n) is 26.4. The van der Waals surface area contributed by atoms with Gasteiger partial charge in [0.2, 0.25) is 14.7 Å². The molecule has 4 rings (SSSR count). The summed E-state index contributed by atoms with van der Waals surface area (Å²) in [4.78, 5) is 24.1. The van der Waals surface area contributed by atoms with Gasteiger partial charge in [-0.15, -0.1) is 19.8 Å². The van der Waals surface area contributed by atoms with Crippen molar-refractivity contribution in [2.75, 3.05) is 59.6 Å². The first-order valence-corrected chi connectivity index (χ1v) is 35.4. The van der Waals surface area contributed by atoms with Crippen molar-refractivity contribution in [2.45, 2.75) is 136 Å². The van der Waals surface area contributed by atoms with Crippen LogP contribution in [0.4, 0.5) is 0 Å². The summed E-state index contributed by atoms with van der Waals surface area (Å²) in [7, 11) is -0.898. The molecule has 76 heavy (non-hydrogen) atoms. The Kier molecular flexibility index (Phi) is 25.2. The van der Waals surface area contributed by atoms with Gasteiger partial charge in [-0.2, -0.15) is 0 Å². The Labute approximate surface area is 467 Å². The second-order valence-corrected chi connectivity index (χ2v) is 31.4. The molecule has 0 bridgehead atoms. The van der Waals surface area contributed by atoms with Crippen molar-refractivity contribution >= 4 is 64.5 Å². The Morgan fingerprint density at radius 2 is 1.13 bits per heavy atom. The normalized spacial score (nSPS) is 16.6. The van der Waals surface area contributed by atoms with Crippen molar-refractivity contribution in [3.05, 3.63) is 119 Å². The van der Waals surface area contributed by atoms with Gasteiger partial charge >= 0.3 is 13.7 Å². The molecule has 0 saturated carbocycles. The lowest BCUT2D eigenvalue weighted by Gasteiger charge is -2.36. The summed E-state index contributed by atoms with van der Waals surface area (Å²) in [6.45, 7) is 20.7. The van der Waals surface area contributed by atoms with Gasteiger partial charge in [0, 0.05) is 51.7 Å². The highest BCUT2D eigenvalue weighted by atomic mass is 32.4. The number of ether oxygens (including phenoxy) is 4. The summed E-state index contributed by atoms with van der Waals surface area (Å²) in [6.07, 6.45) is 8.14. The van der Waals surface area contributed by atoms with Gasteiger partial charge in [0.05, 0.1) is 39.1 Å². The molecule has 0 aliphatic carbocycles. The van der Waals surface area contributed by atoms with Crippen molar-refractivity contribution in [3.63, 3.8) is 0 Å². The van der Waals surface area contributed by atoms with Crippen molar-refractivity contribution in [2.24, 2.45) is 10.2 Å². The maximum absolute atomic E-state index is 12.4. The molecule has 4 aromatic rings. The van der Waals surface area contributed by atoms with E-state index in [0.717, 1.165) is 59.6 Å². The summed E-state index contributed by atoms with van der Waals surface area (Å²) < 4.78 is 54.2. The van der Waals surface area contributed by atoms with E-state index in [0.29, 0.717) is 31.7 Å². The molecule has 20 heteroatoms. The molecule has 8 atom stereocenters. The Morgan fingerprint density at radius 1 is 0.658 bits per heavy atom. The maximum Gasteiger partial charge on any atom is 0.358 e. The van der Waals surface area contributed by atoms with Crippen molar-refractivity contribution < 1.29 is 37.9 Å². The van der Waals surface area contributed by atoms with E-state index in [9.17, 15) is 18.9 Å². The fraction of sp³-hybridized carbons (Fsp3) is 0.536. The number of hydrogen-bond acceptors (Lipinski definition) is 12. The molecule has 0 aromatic heterocycles. The molecule has 0 amide bonds. The van der Waals surface area contributed by atoms with Crippen LogP contribution in [-0.2, 0) is 39.2 Å². The molecule has 418 valence electrons. The monoisotopic (exact) mass is 1160 g/mol. The van der Waals surface area contributed by atoms with Crippen LogP contribution < -0.4 is 18.9 Å². The molecule has 0 spiro atoms. The number of likely N-dealkylation sites (N-methyl/N-ethyl adjacent to an activating group) is 1. The van der Waals surface area contributed by atoms with Gasteiger partial charge in [-0.25, -0.2) is 0 Å². The molecular formula is C56H86N6O8P4S2+2. The largest absolute Gasteiger partial charge is 0.488 e. The molecule has 14 nitrogen and oxygen atoms in total. The van der Waals surface area contributed by atoms with Crippen molar-refractivity contribution in [3.8, 4) is 23.0 Å². The van der Waals surface area contributed by atoms with Crippen molar-refractivity contribution in [1.29, 1.82) is 0 Å². The van der Waals surface area contributed by atoms with Crippen LogP contribution in [0.1, 0.15) is 130 Å². The highest BCUT2D eigenvalue weighted by molar-refractivity contribution is 8.04. The van der Waals surface area contributed by atoms with Crippen LogP contribution in [0, 0.1) is 0 Å². The lowest BCUT2D eigenvalue weighted by atomic mass is 10.00. The van der Waals surface area contributed by atoms with Gasteiger partial charge < -0.3 is 28.7 Å². The molecule has 0 radical (unpaired) electrons. The molecule has 0 aliphatic heterocycles. The zero-order valence-corrected chi connectivity index (χ0v) is 52.7. The van der Waals surface area contributed by atoms with E-state index in [-0.39, 0.29) is 36.2 Å². The fourth-order valence-corrected chi connectivity index (χ4v) is 13.8. The second-order valence-electron chi connectivity index (χ2n) is 20.4. The Morgan fingerprint density at radius 3 is 1.61 bits per heavy atom. The number of hydrogen-bond donors (Lipinski definition) is 2. The minimum Gasteiger partial charge on any atom is -0.488 e. The van der Waals surface area contributed by atoms with E-state index in [1.54, 1.807) is 22.8 Å². The molecule has 0 heterocycles. The Balaban J connectivity index is 1.28. The maximum atomic E-state index is 12.4. The number of rotatable bonds is 33. The molecule has 0 aliphatic rings. The lowest BCUT2D eigenvalue weighted by molar-refractivity contribution is 0.0368. The van der Waals surface area contributed by atoms with Crippen LogP contribution in [0.15, 0.2) is 107 Å². The zero-order chi connectivity index (χ0) is 56.5. The minimum absolute atomic E-state index is 0.110. The van der Waals surface area contributed by atoms with Gasteiger partial charge in [-0.05, 0) is 149 Å². The van der Waals surface area contributed by atoms with E-state index in [2.05, 4.69) is 79.5 Å². The van der Waals surface area contributed by atoms with Crippen molar-refractivity contribution in [1.82, 2.24) is 19.4 Å². The third-order valence-electron chi connectivity index (χ3n) is 13.9. The van der Waals surface area contributed by atoms with Crippen LogP contribution in [0.2, 0.25) is 0 Å². The molecule has 8 unspecified atom stereocenters. The van der Waals surface area contributed by atoms with Gasteiger partial charge in [0.15, 0.2) is 23.6 Å². The lowest BCUT2D eigenvalue weighted by Crippen LogP contribution is -2.44. The van der Waals surface area contributed by atoms with Gasteiger partial charge in [0.1, 0.15) is 34.2 Å². The van der Waals surface area contributed by atoms with Crippen LogP contribution in [-0.4, -0.2) is 124 Å². The summed E-state index contributed by atoms with van der Waals surface area (Å²) in [6, 6.07) is 32.0. The molecular weight excluding hydrogens is 1070 g/mol. The predicted octanol–water partition coefficient (Wildman–Crippen LogP) is 14.1. The van der Waals surface area contributed by atoms with Crippen LogP contribution in [0.25, 0.3) is 0 Å². The third kappa shape index (κ3) is 20.5. The molecule has 0 saturated heterocycles. The average molecular weight is 1160 g/mol. The molecule has 2 N–H and O–H groups in total. The highest BCUT2D eigenvalue weighted by Gasteiger charge is 2.45. The van der Waals surface area contributed by atoms with Crippen LogP contribution in [0.3, 0.4) is 0 Å². The van der Waals surface area contributed by atoms with E-state index in [4.69, 9.17) is 52.8 Å². The summed E-state index contributed by atoms with van der Waals surface area (Å²) in [5, 5.41) is 8.82. The Hall–Kier alpha value is -3.64. The number of hydrazone groups is 2. The number of nitrogens with zero attached hydrogens (tertiary/aromatic N) is 6. The van der Waals surface area contributed by atoms with E-state index in [1.807, 2.05) is 117 Å². The quantitative estimate of drug-likeness (QED) is 0.0265.